The minimum Gasteiger partial charge on any atom is -0.366 e. The predicted molar refractivity (Wildman–Crippen MR) is 91.4 cm³/mol. The van der Waals surface area contributed by atoms with Gasteiger partial charge < -0.3 is 4.90 Å². The summed E-state index contributed by atoms with van der Waals surface area (Å²) in [5.74, 6) is 0. The maximum atomic E-state index is 12.1. The van der Waals surface area contributed by atoms with Crippen LogP contribution in [0.1, 0.15) is 11.1 Å². The standard InChI is InChI=1S/C19H22N2O/c1-16-7-9-17(10-8-16)15-20-11-13-21(14-12-20)18-5-3-2-4-6-19(18)22/h2-10H,11-15H2,1H3. The van der Waals surface area contributed by atoms with Crippen LogP contribution in [0.4, 0.5) is 5.69 Å². The quantitative estimate of drug-likeness (QED) is 0.869. The van der Waals surface area contributed by atoms with Crippen LogP contribution in [0, 0.1) is 6.92 Å². The summed E-state index contributed by atoms with van der Waals surface area (Å²) in [4.78, 5) is 16.7. The summed E-state index contributed by atoms with van der Waals surface area (Å²) in [6, 6.07) is 18.0. The number of anilines is 1. The molecule has 3 nitrogen and oxygen atoms in total. The Kier molecular flexibility index (Phi) is 4.54. The first-order chi connectivity index (χ1) is 10.7. The Morgan fingerprint density at radius 2 is 1.55 bits per heavy atom. The van der Waals surface area contributed by atoms with Crippen molar-refractivity contribution in [2.75, 3.05) is 31.1 Å². The molecule has 0 N–H and O–H groups in total. The van der Waals surface area contributed by atoms with Gasteiger partial charge in [-0.2, -0.15) is 0 Å². The Bertz CT molecular complexity index is 673. The van der Waals surface area contributed by atoms with Gasteiger partial charge in [-0.05, 0) is 24.6 Å². The maximum absolute atomic E-state index is 12.1. The van der Waals surface area contributed by atoms with Gasteiger partial charge in [0.05, 0.1) is 5.69 Å². The van der Waals surface area contributed by atoms with Gasteiger partial charge in [-0.25, -0.2) is 0 Å². The number of nitrogens with zero attached hydrogens (tertiary/aromatic N) is 2. The SMILES string of the molecule is Cc1ccc(CN2CCN(c3cccccc3=O)CC2)cc1. The molecular formula is C19H22N2O. The van der Waals surface area contributed by atoms with Gasteiger partial charge in [-0.3, -0.25) is 9.69 Å². The van der Waals surface area contributed by atoms with Crippen molar-refractivity contribution in [3.63, 3.8) is 0 Å². The summed E-state index contributed by atoms with van der Waals surface area (Å²) in [6.45, 7) is 6.90. The van der Waals surface area contributed by atoms with E-state index in [0.29, 0.717) is 0 Å². The fraction of sp³-hybridized carbons (Fsp3) is 0.316. The lowest BCUT2D eigenvalue weighted by molar-refractivity contribution is 0.250. The average molecular weight is 294 g/mol. The van der Waals surface area contributed by atoms with Gasteiger partial charge in [-0.1, -0.05) is 48.0 Å². The van der Waals surface area contributed by atoms with Crippen molar-refractivity contribution in [3.8, 4) is 0 Å². The third-order valence-electron chi connectivity index (χ3n) is 4.22. The van der Waals surface area contributed by atoms with E-state index in [1.165, 1.54) is 11.1 Å². The van der Waals surface area contributed by atoms with Crippen molar-refractivity contribution in [3.05, 3.63) is 75.9 Å². The van der Waals surface area contributed by atoms with Crippen LogP contribution in [-0.2, 0) is 6.54 Å². The van der Waals surface area contributed by atoms with Gasteiger partial charge in [-0.15, -0.1) is 0 Å². The minimum atomic E-state index is 0.108. The zero-order valence-electron chi connectivity index (χ0n) is 13.0. The topological polar surface area (TPSA) is 23.6 Å². The minimum absolute atomic E-state index is 0.108. The first kappa shape index (κ1) is 14.8. The van der Waals surface area contributed by atoms with Crippen molar-refractivity contribution < 1.29 is 0 Å². The second-order valence-electron chi connectivity index (χ2n) is 5.91. The third-order valence-corrected chi connectivity index (χ3v) is 4.22. The molecule has 3 rings (SSSR count). The summed E-state index contributed by atoms with van der Waals surface area (Å²) >= 11 is 0. The normalized spacial score (nSPS) is 15.8. The van der Waals surface area contributed by atoms with E-state index in [0.717, 1.165) is 38.4 Å². The smallest absolute Gasteiger partial charge is 0.201 e. The molecule has 0 atom stereocenters. The number of hydrogen-bond donors (Lipinski definition) is 0. The van der Waals surface area contributed by atoms with Crippen LogP contribution in [0.3, 0.4) is 0 Å². The van der Waals surface area contributed by atoms with Crippen LogP contribution in [0.2, 0.25) is 0 Å². The molecule has 114 valence electrons. The van der Waals surface area contributed by atoms with E-state index >= 15 is 0 Å². The highest BCUT2D eigenvalue weighted by Gasteiger charge is 2.18. The fourth-order valence-corrected chi connectivity index (χ4v) is 2.88. The van der Waals surface area contributed by atoms with Gasteiger partial charge in [0.25, 0.3) is 0 Å². The van der Waals surface area contributed by atoms with Crippen LogP contribution >= 0.6 is 0 Å². The summed E-state index contributed by atoms with van der Waals surface area (Å²) in [6.07, 6.45) is 0. The highest BCUT2D eigenvalue weighted by Crippen LogP contribution is 2.13. The van der Waals surface area contributed by atoms with Crippen LogP contribution < -0.4 is 10.3 Å². The van der Waals surface area contributed by atoms with E-state index in [-0.39, 0.29) is 5.43 Å². The Balaban J connectivity index is 1.62. The maximum Gasteiger partial charge on any atom is 0.201 e. The molecule has 1 fully saturated rings. The van der Waals surface area contributed by atoms with E-state index in [2.05, 4.69) is 41.0 Å². The molecule has 0 aliphatic carbocycles. The second kappa shape index (κ2) is 6.75. The first-order valence-corrected chi connectivity index (χ1v) is 7.84. The predicted octanol–water partition coefficient (Wildman–Crippen LogP) is 2.68. The molecule has 0 spiro atoms. The second-order valence-corrected chi connectivity index (χ2v) is 5.91. The van der Waals surface area contributed by atoms with Gasteiger partial charge >= 0.3 is 0 Å². The summed E-state index contributed by atoms with van der Waals surface area (Å²) in [5, 5.41) is 0. The molecule has 0 saturated carbocycles. The molecule has 1 aliphatic heterocycles. The lowest BCUT2D eigenvalue weighted by Crippen LogP contribution is -2.47. The number of benzene rings is 1. The van der Waals surface area contributed by atoms with E-state index in [4.69, 9.17) is 0 Å². The van der Waals surface area contributed by atoms with E-state index in [1.807, 2.05) is 18.2 Å². The van der Waals surface area contributed by atoms with Crippen molar-refractivity contribution in [2.45, 2.75) is 13.5 Å². The zero-order chi connectivity index (χ0) is 15.4. The van der Waals surface area contributed by atoms with Gasteiger partial charge in [0.2, 0.25) is 5.43 Å². The molecule has 1 aliphatic rings. The van der Waals surface area contributed by atoms with Crippen LogP contribution in [-0.4, -0.2) is 31.1 Å². The third kappa shape index (κ3) is 3.55. The van der Waals surface area contributed by atoms with Crippen molar-refractivity contribution in [1.29, 1.82) is 0 Å². The lowest BCUT2D eigenvalue weighted by Gasteiger charge is -2.35. The summed E-state index contributed by atoms with van der Waals surface area (Å²) < 4.78 is 0. The monoisotopic (exact) mass is 294 g/mol. The van der Waals surface area contributed by atoms with Crippen LogP contribution in [0.25, 0.3) is 0 Å². The molecule has 3 heteroatoms. The van der Waals surface area contributed by atoms with E-state index in [1.54, 1.807) is 12.1 Å². The molecule has 2 aromatic carbocycles. The molecule has 0 amide bonds. The number of aryl methyl sites for hydroxylation is 1. The summed E-state index contributed by atoms with van der Waals surface area (Å²) in [5.41, 5.74) is 3.58. The number of piperazine rings is 1. The highest BCUT2D eigenvalue weighted by atomic mass is 16.1. The molecule has 1 saturated heterocycles. The molecule has 2 aromatic rings. The molecule has 0 bridgehead atoms. The van der Waals surface area contributed by atoms with Gasteiger partial charge in [0, 0.05) is 32.7 Å². The van der Waals surface area contributed by atoms with Gasteiger partial charge in [0.15, 0.2) is 0 Å². The molecule has 22 heavy (non-hydrogen) atoms. The lowest BCUT2D eigenvalue weighted by atomic mass is 10.1. The Hall–Kier alpha value is -2.13. The molecule has 1 heterocycles. The molecular weight excluding hydrogens is 272 g/mol. The van der Waals surface area contributed by atoms with Crippen molar-refractivity contribution >= 4 is 5.69 Å². The number of hydrogen-bond acceptors (Lipinski definition) is 3. The highest BCUT2D eigenvalue weighted by molar-refractivity contribution is 5.45. The number of rotatable bonds is 3. The largest absolute Gasteiger partial charge is 0.366 e. The van der Waals surface area contributed by atoms with Crippen molar-refractivity contribution in [2.24, 2.45) is 0 Å². The Morgan fingerprint density at radius 1 is 0.864 bits per heavy atom. The van der Waals surface area contributed by atoms with Crippen molar-refractivity contribution in [1.82, 2.24) is 4.90 Å². The fourth-order valence-electron chi connectivity index (χ4n) is 2.88. The van der Waals surface area contributed by atoms with Crippen LogP contribution in [0.15, 0.2) is 59.4 Å². The molecule has 0 unspecified atom stereocenters. The first-order valence-electron chi connectivity index (χ1n) is 7.84. The van der Waals surface area contributed by atoms with Gasteiger partial charge in [0.1, 0.15) is 0 Å². The Labute approximate surface area is 131 Å². The van der Waals surface area contributed by atoms with E-state index in [9.17, 15) is 4.79 Å². The van der Waals surface area contributed by atoms with E-state index < -0.39 is 0 Å². The Morgan fingerprint density at radius 3 is 2.27 bits per heavy atom. The summed E-state index contributed by atoms with van der Waals surface area (Å²) in [7, 11) is 0. The molecule has 0 aromatic heterocycles. The molecule has 0 radical (unpaired) electrons. The zero-order valence-corrected chi connectivity index (χ0v) is 13.0. The van der Waals surface area contributed by atoms with Crippen LogP contribution in [0.5, 0.6) is 0 Å². The average Bonchev–Trinajstić information content (AvgIpc) is 2.75.